The standard InChI is InChI=1S/C20H20N2O3/c1-3-20(23)22(12-10-19-21-11-13-25-19)14-17-16-7-5-4-6-15(16)8-9-18(17)24-2/h3-9,11,13H,1,10,12,14H2,2H3. The van der Waals surface area contributed by atoms with Gasteiger partial charge in [0.1, 0.15) is 12.0 Å². The monoisotopic (exact) mass is 336 g/mol. The second-order valence-electron chi connectivity index (χ2n) is 5.61. The van der Waals surface area contributed by atoms with Gasteiger partial charge in [0, 0.05) is 18.5 Å². The number of methoxy groups -OCH3 is 1. The van der Waals surface area contributed by atoms with E-state index in [0.29, 0.717) is 25.4 Å². The van der Waals surface area contributed by atoms with Crippen LogP contribution in [0.4, 0.5) is 0 Å². The smallest absolute Gasteiger partial charge is 0.246 e. The van der Waals surface area contributed by atoms with Gasteiger partial charge in [-0.15, -0.1) is 0 Å². The Balaban J connectivity index is 1.91. The highest BCUT2D eigenvalue weighted by Crippen LogP contribution is 2.29. The highest BCUT2D eigenvalue weighted by molar-refractivity contribution is 5.90. The van der Waals surface area contributed by atoms with Gasteiger partial charge in [-0.2, -0.15) is 0 Å². The molecule has 5 heteroatoms. The summed E-state index contributed by atoms with van der Waals surface area (Å²) in [5.41, 5.74) is 0.975. The van der Waals surface area contributed by atoms with Crippen molar-refractivity contribution in [2.75, 3.05) is 13.7 Å². The largest absolute Gasteiger partial charge is 0.496 e. The maximum Gasteiger partial charge on any atom is 0.246 e. The van der Waals surface area contributed by atoms with Crippen LogP contribution >= 0.6 is 0 Å². The van der Waals surface area contributed by atoms with Crippen LogP contribution in [0.1, 0.15) is 11.5 Å². The van der Waals surface area contributed by atoms with Gasteiger partial charge in [0.25, 0.3) is 0 Å². The Kier molecular flexibility index (Phi) is 5.14. The van der Waals surface area contributed by atoms with Crippen molar-refractivity contribution >= 4 is 16.7 Å². The molecule has 2 aromatic carbocycles. The van der Waals surface area contributed by atoms with E-state index in [1.54, 1.807) is 18.2 Å². The molecular formula is C20H20N2O3. The Labute approximate surface area is 146 Å². The summed E-state index contributed by atoms with van der Waals surface area (Å²) < 4.78 is 10.8. The van der Waals surface area contributed by atoms with Gasteiger partial charge in [0.15, 0.2) is 5.89 Å². The molecule has 5 nitrogen and oxygen atoms in total. The van der Waals surface area contributed by atoms with Crippen LogP contribution in [0.15, 0.2) is 65.9 Å². The molecule has 0 N–H and O–H groups in total. The fraction of sp³-hybridized carbons (Fsp3) is 0.200. The number of ether oxygens (including phenoxy) is 1. The van der Waals surface area contributed by atoms with Crippen LogP contribution in [0.25, 0.3) is 10.8 Å². The molecule has 0 bridgehead atoms. The third-order valence-corrected chi connectivity index (χ3v) is 4.13. The molecule has 0 spiro atoms. The first-order chi connectivity index (χ1) is 12.2. The van der Waals surface area contributed by atoms with Crippen LogP contribution < -0.4 is 4.74 Å². The molecule has 3 aromatic rings. The van der Waals surface area contributed by atoms with E-state index in [4.69, 9.17) is 9.15 Å². The van der Waals surface area contributed by atoms with Gasteiger partial charge in [-0.05, 0) is 22.9 Å². The second kappa shape index (κ2) is 7.66. The van der Waals surface area contributed by atoms with E-state index in [2.05, 4.69) is 11.6 Å². The third-order valence-electron chi connectivity index (χ3n) is 4.13. The van der Waals surface area contributed by atoms with Crippen molar-refractivity contribution in [1.82, 2.24) is 9.88 Å². The SMILES string of the molecule is C=CC(=O)N(CCc1ncco1)Cc1c(OC)ccc2ccccc12. The number of benzene rings is 2. The minimum atomic E-state index is -0.137. The lowest BCUT2D eigenvalue weighted by Gasteiger charge is -2.23. The van der Waals surface area contributed by atoms with Crippen LogP contribution in [0.2, 0.25) is 0 Å². The third kappa shape index (κ3) is 3.71. The summed E-state index contributed by atoms with van der Waals surface area (Å²) in [5, 5.41) is 2.18. The summed E-state index contributed by atoms with van der Waals surface area (Å²) in [5.74, 6) is 1.23. The molecule has 1 amide bonds. The molecule has 0 unspecified atom stereocenters. The number of hydrogen-bond donors (Lipinski definition) is 0. The van der Waals surface area contributed by atoms with Crippen molar-refractivity contribution in [3.05, 3.63) is 73.0 Å². The number of amides is 1. The van der Waals surface area contributed by atoms with Crippen molar-refractivity contribution in [3.8, 4) is 5.75 Å². The topological polar surface area (TPSA) is 55.6 Å². The van der Waals surface area contributed by atoms with Crippen molar-refractivity contribution in [3.63, 3.8) is 0 Å². The average Bonchev–Trinajstić information content (AvgIpc) is 3.17. The Morgan fingerprint density at radius 3 is 2.88 bits per heavy atom. The maximum absolute atomic E-state index is 12.3. The molecule has 3 rings (SSSR count). The predicted octanol–water partition coefficient (Wildman–Crippen LogP) is 3.59. The Hall–Kier alpha value is -3.08. The van der Waals surface area contributed by atoms with E-state index in [-0.39, 0.29) is 5.91 Å². The van der Waals surface area contributed by atoms with Crippen LogP contribution in [0.5, 0.6) is 5.75 Å². The van der Waals surface area contributed by atoms with Gasteiger partial charge in [-0.3, -0.25) is 4.79 Å². The van der Waals surface area contributed by atoms with Crippen LogP contribution in [-0.2, 0) is 17.8 Å². The Morgan fingerprint density at radius 1 is 1.32 bits per heavy atom. The molecule has 1 aromatic heterocycles. The summed E-state index contributed by atoms with van der Waals surface area (Å²) in [6, 6.07) is 12.0. The number of oxazole rings is 1. The van der Waals surface area contributed by atoms with Gasteiger partial charge in [0.2, 0.25) is 5.91 Å². The Morgan fingerprint density at radius 2 is 2.16 bits per heavy atom. The van der Waals surface area contributed by atoms with E-state index in [1.807, 2.05) is 36.4 Å². The molecule has 0 aliphatic heterocycles. The highest BCUT2D eigenvalue weighted by atomic mass is 16.5. The van der Waals surface area contributed by atoms with Crippen molar-refractivity contribution in [2.45, 2.75) is 13.0 Å². The summed E-state index contributed by atoms with van der Waals surface area (Å²) in [7, 11) is 1.64. The van der Waals surface area contributed by atoms with Gasteiger partial charge < -0.3 is 14.1 Å². The molecule has 0 fully saturated rings. The molecule has 128 valence electrons. The molecule has 1 heterocycles. The fourth-order valence-corrected chi connectivity index (χ4v) is 2.86. The van der Waals surface area contributed by atoms with Crippen LogP contribution in [0.3, 0.4) is 0 Å². The predicted molar refractivity (Wildman–Crippen MR) is 96.3 cm³/mol. The number of aromatic nitrogens is 1. The zero-order chi connectivity index (χ0) is 17.6. The average molecular weight is 336 g/mol. The number of nitrogens with zero attached hydrogens (tertiary/aromatic N) is 2. The quantitative estimate of drug-likeness (QED) is 0.619. The number of rotatable bonds is 7. The van der Waals surface area contributed by atoms with Crippen LogP contribution in [0, 0.1) is 0 Å². The number of carbonyl (C=O) groups excluding carboxylic acids is 1. The van der Waals surface area contributed by atoms with Crippen molar-refractivity contribution in [2.24, 2.45) is 0 Å². The molecule has 0 atom stereocenters. The number of carbonyl (C=O) groups is 1. The fourth-order valence-electron chi connectivity index (χ4n) is 2.86. The van der Waals surface area contributed by atoms with Crippen LogP contribution in [-0.4, -0.2) is 29.4 Å². The summed E-state index contributed by atoms with van der Waals surface area (Å²) in [6.07, 6.45) is 5.00. The zero-order valence-corrected chi connectivity index (χ0v) is 14.1. The lowest BCUT2D eigenvalue weighted by molar-refractivity contribution is -0.126. The highest BCUT2D eigenvalue weighted by Gasteiger charge is 2.17. The number of hydrogen-bond acceptors (Lipinski definition) is 4. The minimum absolute atomic E-state index is 0.137. The van der Waals surface area contributed by atoms with Gasteiger partial charge in [-0.25, -0.2) is 4.98 Å². The molecular weight excluding hydrogens is 316 g/mol. The van der Waals surface area contributed by atoms with Crippen molar-refractivity contribution in [1.29, 1.82) is 0 Å². The van der Waals surface area contributed by atoms with Gasteiger partial charge in [-0.1, -0.05) is 36.9 Å². The maximum atomic E-state index is 12.3. The summed E-state index contributed by atoms with van der Waals surface area (Å²) in [6.45, 7) is 4.52. The second-order valence-corrected chi connectivity index (χ2v) is 5.61. The van der Waals surface area contributed by atoms with E-state index in [9.17, 15) is 4.79 Å². The van der Waals surface area contributed by atoms with Gasteiger partial charge >= 0.3 is 0 Å². The molecule has 0 radical (unpaired) electrons. The summed E-state index contributed by atoms with van der Waals surface area (Å²) in [4.78, 5) is 18.2. The molecule has 0 saturated carbocycles. The first-order valence-electron chi connectivity index (χ1n) is 8.07. The van der Waals surface area contributed by atoms with E-state index in [1.165, 1.54) is 12.3 Å². The van der Waals surface area contributed by atoms with Gasteiger partial charge in [0.05, 0.1) is 19.9 Å². The molecule has 0 saturated heterocycles. The number of fused-ring (bicyclic) bond motifs is 1. The Bertz CT molecular complexity index is 872. The first-order valence-corrected chi connectivity index (χ1v) is 8.07. The lowest BCUT2D eigenvalue weighted by Crippen LogP contribution is -2.31. The lowest BCUT2D eigenvalue weighted by atomic mass is 10.0. The zero-order valence-electron chi connectivity index (χ0n) is 14.1. The first kappa shape index (κ1) is 16.8. The van der Waals surface area contributed by atoms with E-state index in [0.717, 1.165) is 22.1 Å². The minimum Gasteiger partial charge on any atom is -0.496 e. The summed E-state index contributed by atoms with van der Waals surface area (Å²) >= 11 is 0. The van der Waals surface area contributed by atoms with E-state index < -0.39 is 0 Å². The molecule has 25 heavy (non-hydrogen) atoms. The van der Waals surface area contributed by atoms with E-state index >= 15 is 0 Å². The molecule has 0 aliphatic rings. The molecule has 0 aliphatic carbocycles. The van der Waals surface area contributed by atoms with Crippen molar-refractivity contribution < 1.29 is 13.9 Å². The normalized spacial score (nSPS) is 10.6.